The third-order valence-electron chi connectivity index (χ3n) is 3.37. The minimum Gasteiger partial charge on any atom is -0.477 e. The molecule has 0 amide bonds. The molecule has 3 rings (SSSR count). The number of imidazole rings is 1. The van der Waals surface area contributed by atoms with Crippen LogP contribution >= 0.6 is 11.8 Å². The van der Waals surface area contributed by atoms with Crippen LogP contribution in [0.4, 0.5) is 0 Å². The highest BCUT2D eigenvalue weighted by Gasteiger charge is 2.24. The Morgan fingerprint density at radius 3 is 3.05 bits per heavy atom. The molecule has 1 unspecified atom stereocenters. The number of carboxylic acids is 1. The zero-order valence-electron chi connectivity index (χ0n) is 10.5. The highest BCUT2D eigenvalue weighted by molar-refractivity contribution is 8.00. The molecule has 0 fully saturated rings. The lowest BCUT2D eigenvalue weighted by atomic mass is 10.1. The van der Waals surface area contributed by atoms with Crippen LogP contribution < -0.4 is 0 Å². The van der Waals surface area contributed by atoms with Crippen LogP contribution in [0.5, 0.6) is 0 Å². The van der Waals surface area contributed by atoms with Gasteiger partial charge < -0.3 is 9.67 Å². The summed E-state index contributed by atoms with van der Waals surface area (Å²) in [5.41, 5.74) is 1.63. The maximum atomic E-state index is 11.2. The summed E-state index contributed by atoms with van der Waals surface area (Å²) in [7, 11) is 0. The smallest absolute Gasteiger partial charge is 0.354 e. The second-order valence-corrected chi connectivity index (χ2v) is 6.00. The van der Waals surface area contributed by atoms with Crippen molar-refractivity contribution in [3.05, 3.63) is 47.5 Å². The summed E-state index contributed by atoms with van der Waals surface area (Å²) >= 11 is 1.82. The molecule has 0 saturated heterocycles. The molecular formula is C14H14N2O2S. The molecule has 0 saturated carbocycles. The number of fused-ring (bicyclic) bond motifs is 1. The van der Waals surface area contributed by atoms with E-state index in [1.54, 1.807) is 4.57 Å². The lowest BCUT2D eigenvalue weighted by Crippen LogP contribution is -2.17. The van der Waals surface area contributed by atoms with Crippen molar-refractivity contribution in [2.75, 3.05) is 0 Å². The molecule has 1 atom stereocenters. The number of hydrogen-bond acceptors (Lipinski definition) is 3. The molecule has 1 aromatic heterocycles. The van der Waals surface area contributed by atoms with Gasteiger partial charge in [0.25, 0.3) is 0 Å². The monoisotopic (exact) mass is 274 g/mol. The lowest BCUT2D eigenvalue weighted by molar-refractivity contribution is 0.0684. The van der Waals surface area contributed by atoms with Crippen LogP contribution in [0.1, 0.15) is 21.9 Å². The van der Waals surface area contributed by atoms with Gasteiger partial charge in [0.15, 0.2) is 0 Å². The van der Waals surface area contributed by atoms with E-state index in [4.69, 9.17) is 5.11 Å². The van der Waals surface area contributed by atoms with Crippen molar-refractivity contribution in [3.8, 4) is 0 Å². The quantitative estimate of drug-likeness (QED) is 0.934. The Bertz CT molecular complexity index is 611. The summed E-state index contributed by atoms with van der Waals surface area (Å²) in [5, 5.41) is 9.54. The Balaban J connectivity index is 1.81. The Kier molecular flexibility index (Phi) is 3.06. The van der Waals surface area contributed by atoms with Crippen molar-refractivity contribution >= 4 is 17.7 Å². The molecule has 0 aliphatic carbocycles. The first-order valence-electron chi connectivity index (χ1n) is 6.15. The zero-order valence-corrected chi connectivity index (χ0v) is 11.4. The number of benzene rings is 1. The molecule has 1 aliphatic heterocycles. The van der Waals surface area contributed by atoms with E-state index in [9.17, 15) is 4.79 Å². The maximum absolute atomic E-state index is 11.2. The molecule has 1 aromatic carbocycles. The molecule has 2 aromatic rings. The van der Waals surface area contributed by atoms with E-state index in [-0.39, 0.29) is 5.69 Å². The second kappa shape index (κ2) is 4.74. The highest BCUT2D eigenvalue weighted by atomic mass is 32.2. The summed E-state index contributed by atoms with van der Waals surface area (Å²) in [4.78, 5) is 16.6. The predicted octanol–water partition coefficient (Wildman–Crippen LogP) is 2.61. The molecule has 5 heteroatoms. The number of carboxylic acid groups (broad SMARTS) is 1. The molecular weight excluding hydrogens is 260 g/mol. The van der Waals surface area contributed by atoms with Gasteiger partial charge in [-0.3, -0.25) is 0 Å². The van der Waals surface area contributed by atoms with Gasteiger partial charge in [-0.15, -0.1) is 11.8 Å². The number of nitrogens with zero attached hydrogens (tertiary/aromatic N) is 2. The molecule has 98 valence electrons. The van der Waals surface area contributed by atoms with Crippen LogP contribution in [-0.4, -0.2) is 25.9 Å². The lowest BCUT2D eigenvalue weighted by Gasteiger charge is -2.12. The van der Waals surface area contributed by atoms with Crippen molar-refractivity contribution in [3.63, 3.8) is 0 Å². The molecule has 1 aliphatic rings. The van der Waals surface area contributed by atoms with E-state index in [1.807, 2.05) is 30.8 Å². The van der Waals surface area contributed by atoms with E-state index < -0.39 is 5.97 Å². The average molecular weight is 274 g/mol. The fourth-order valence-electron chi connectivity index (χ4n) is 2.43. The number of aromatic carboxylic acids is 1. The molecule has 0 bridgehead atoms. The van der Waals surface area contributed by atoms with Crippen LogP contribution in [0.2, 0.25) is 0 Å². The van der Waals surface area contributed by atoms with Crippen LogP contribution in [0.25, 0.3) is 0 Å². The van der Waals surface area contributed by atoms with E-state index in [1.165, 1.54) is 16.7 Å². The third-order valence-corrected chi connectivity index (χ3v) is 4.68. The molecule has 0 radical (unpaired) electrons. The number of aryl methyl sites for hydroxylation is 1. The van der Waals surface area contributed by atoms with E-state index in [0.29, 0.717) is 11.8 Å². The number of rotatable bonds is 3. The van der Waals surface area contributed by atoms with Crippen molar-refractivity contribution in [2.45, 2.75) is 30.0 Å². The average Bonchev–Trinajstić information content (AvgIpc) is 2.94. The molecule has 0 spiro atoms. The van der Waals surface area contributed by atoms with Gasteiger partial charge in [0.1, 0.15) is 11.5 Å². The Labute approximate surface area is 115 Å². The first kappa shape index (κ1) is 12.3. The van der Waals surface area contributed by atoms with Gasteiger partial charge in [0.05, 0.1) is 6.20 Å². The number of carbonyl (C=O) groups is 1. The molecule has 19 heavy (non-hydrogen) atoms. The summed E-state index contributed by atoms with van der Waals surface area (Å²) in [6.07, 6.45) is 2.42. The van der Waals surface area contributed by atoms with Crippen LogP contribution in [0.3, 0.4) is 0 Å². The topological polar surface area (TPSA) is 55.1 Å². The van der Waals surface area contributed by atoms with Crippen molar-refractivity contribution in [2.24, 2.45) is 0 Å². The minimum atomic E-state index is -0.916. The zero-order chi connectivity index (χ0) is 13.4. The van der Waals surface area contributed by atoms with Gasteiger partial charge in [-0.2, -0.15) is 0 Å². The third kappa shape index (κ3) is 2.26. The van der Waals surface area contributed by atoms with Crippen molar-refractivity contribution < 1.29 is 9.90 Å². The Morgan fingerprint density at radius 1 is 1.53 bits per heavy atom. The standard InChI is InChI=1S/C14H14N2O2S/c1-9-15-7-12(14(17)18)16(9)8-11-6-10-4-2-3-5-13(10)19-11/h2-5,7,11H,6,8H2,1H3,(H,17,18). The Morgan fingerprint density at radius 2 is 2.32 bits per heavy atom. The van der Waals surface area contributed by atoms with Crippen molar-refractivity contribution in [1.82, 2.24) is 9.55 Å². The first-order chi connectivity index (χ1) is 9.15. The normalized spacial score (nSPS) is 17.4. The minimum absolute atomic E-state index is 0.272. The SMILES string of the molecule is Cc1ncc(C(=O)O)n1CC1Cc2ccccc2S1. The fourth-order valence-corrected chi connectivity index (χ4v) is 3.73. The van der Waals surface area contributed by atoms with Crippen LogP contribution in [-0.2, 0) is 13.0 Å². The molecule has 1 N–H and O–H groups in total. The van der Waals surface area contributed by atoms with Gasteiger partial charge in [-0.25, -0.2) is 9.78 Å². The van der Waals surface area contributed by atoms with Gasteiger partial charge in [0, 0.05) is 16.7 Å². The van der Waals surface area contributed by atoms with Crippen LogP contribution in [0.15, 0.2) is 35.4 Å². The van der Waals surface area contributed by atoms with Gasteiger partial charge in [0.2, 0.25) is 0 Å². The summed E-state index contributed by atoms with van der Waals surface area (Å²) in [5.74, 6) is -0.157. The number of aromatic nitrogens is 2. The highest BCUT2D eigenvalue weighted by Crippen LogP contribution is 2.37. The number of hydrogen-bond donors (Lipinski definition) is 1. The van der Waals surface area contributed by atoms with Gasteiger partial charge in [-0.05, 0) is 25.0 Å². The van der Waals surface area contributed by atoms with Crippen LogP contribution in [0, 0.1) is 6.92 Å². The summed E-state index contributed by atoms with van der Waals surface area (Å²) in [6.45, 7) is 2.53. The summed E-state index contributed by atoms with van der Waals surface area (Å²) in [6, 6.07) is 8.35. The summed E-state index contributed by atoms with van der Waals surface area (Å²) < 4.78 is 1.80. The largest absolute Gasteiger partial charge is 0.477 e. The van der Waals surface area contributed by atoms with Gasteiger partial charge in [-0.1, -0.05) is 18.2 Å². The van der Waals surface area contributed by atoms with Gasteiger partial charge >= 0.3 is 5.97 Å². The van der Waals surface area contributed by atoms with E-state index in [0.717, 1.165) is 12.2 Å². The molecule has 2 heterocycles. The maximum Gasteiger partial charge on any atom is 0.354 e. The fraction of sp³-hybridized carbons (Fsp3) is 0.286. The predicted molar refractivity (Wildman–Crippen MR) is 73.7 cm³/mol. The Hall–Kier alpha value is -1.75. The van der Waals surface area contributed by atoms with Crippen molar-refractivity contribution in [1.29, 1.82) is 0 Å². The first-order valence-corrected chi connectivity index (χ1v) is 7.03. The van der Waals surface area contributed by atoms with E-state index >= 15 is 0 Å². The number of thioether (sulfide) groups is 1. The second-order valence-electron chi connectivity index (χ2n) is 4.66. The molecule has 4 nitrogen and oxygen atoms in total. The van der Waals surface area contributed by atoms with E-state index in [2.05, 4.69) is 17.1 Å².